The molecule has 12 nitrogen and oxygen atoms in total. The number of nitrogens with two attached hydrogens (primary N) is 2. The number of anilines is 4. The number of ketones is 4. The Balaban J connectivity index is 0.919. The summed E-state index contributed by atoms with van der Waals surface area (Å²) in [6, 6.07) is 31.4. The topological polar surface area (TPSA) is 195 Å². The molecular formula is C52H24N4O8. The first-order valence-corrected chi connectivity index (χ1v) is 20.1. The molecule has 0 aromatic heterocycles. The van der Waals surface area contributed by atoms with Crippen molar-refractivity contribution in [3.8, 4) is 0 Å². The molecule has 64 heavy (non-hydrogen) atoms. The Morgan fingerprint density at radius 1 is 0.266 bits per heavy atom. The summed E-state index contributed by atoms with van der Waals surface area (Å²) in [6.45, 7) is 0. The average Bonchev–Trinajstić information content (AvgIpc) is 3.30. The number of fused-ring (bicyclic) bond motifs is 6. The van der Waals surface area contributed by atoms with Gasteiger partial charge in [0.15, 0.2) is 23.1 Å². The van der Waals surface area contributed by atoms with Crippen LogP contribution in [0.25, 0.3) is 43.1 Å². The van der Waals surface area contributed by atoms with Gasteiger partial charge in [-0.25, -0.2) is 9.80 Å². The molecule has 0 radical (unpaired) electrons. The molecule has 0 saturated carbocycles. The minimum atomic E-state index is -0.613. The molecule has 9 aromatic carbocycles. The third kappa shape index (κ3) is 4.25. The number of carbonyl (C=O) groups is 8. The molecule has 0 unspecified atom stereocenters. The Hall–Kier alpha value is -9.16. The largest absolute Gasteiger partial charge is 0.399 e. The molecule has 0 saturated heterocycles. The highest BCUT2D eigenvalue weighted by Gasteiger charge is 2.40. The highest BCUT2D eigenvalue weighted by Crippen LogP contribution is 2.47. The second-order valence-corrected chi connectivity index (χ2v) is 16.4. The Morgan fingerprint density at radius 2 is 0.531 bits per heavy atom. The molecule has 4 aliphatic rings. The number of benzene rings is 9. The molecule has 0 bridgehead atoms. The Kier molecular flexibility index (Phi) is 6.56. The summed E-state index contributed by atoms with van der Waals surface area (Å²) in [5, 5.41) is 4.98. The zero-order valence-corrected chi connectivity index (χ0v) is 32.9. The first kappa shape index (κ1) is 35.6. The third-order valence-corrected chi connectivity index (χ3v) is 13.2. The maximum absolute atomic E-state index is 14.5. The summed E-state index contributed by atoms with van der Waals surface area (Å²) < 4.78 is 0. The lowest BCUT2D eigenvalue weighted by atomic mass is 9.81. The second-order valence-electron chi connectivity index (χ2n) is 16.4. The van der Waals surface area contributed by atoms with E-state index in [4.69, 9.17) is 11.5 Å². The van der Waals surface area contributed by atoms with Gasteiger partial charge in [0.05, 0.1) is 11.4 Å². The minimum Gasteiger partial charge on any atom is -0.399 e. The number of nitrogen functional groups attached to an aromatic ring is 2. The maximum atomic E-state index is 14.5. The van der Waals surface area contributed by atoms with Gasteiger partial charge in [0, 0.05) is 88.9 Å². The molecule has 12 heteroatoms. The van der Waals surface area contributed by atoms with Crippen molar-refractivity contribution < 1.29 is 38.4 Å². The molecule has 0 atom stereocenters. The van der Waals surface area contributed by atoms with E-state index in [1.807, 2.05) is 0 Å². The summed E-state index contributed by atoms with van der Waals surface area (Å²) in [4.78, 5) is 114. The van der Waals surface area contributed by atoms with Crippen LogP contribution in [0.1, 0.15) is 105 Å². The van der Waals surface area contributed by atoms with Crippen molar-refractivity contribution in [2.75, 3.05) is 21.3 Å². The van der Waals surface area contributed by atoms with E-state index in [0.717, 1.165) is 9.80 Å². The minimum absolute atomic E-state index is 0.0693. The van der Waals surface area contributed by atoms with Crippen molar-refractivity contribution >= 4 is 113 Å². The molecule has 2 aliphatic carbocycles. The van der Waals surface area contributed by atoms with E-state index in [1.165, 1.54) is 72.8 Å². The van der Waals surface area contributed by atoms with Crippen LogP contribution >= 0.6 is 0 Å². The highest BCUT2D eigenvalue weighted by molar-refractivity contribution is 6.45. The second kappa shape index (κ2) is 11.8. The smallest absolute Gasteiger partial charge is 0.265 e. The van der Waals surface area contributed by atoms with Crippen molar-refractivity contribution in [2.45, 2.75) is 0 Å². The van der Waals surface area contributed by atoms with E-state index < -0.39 is 35.2 Å². The van der Waals surface area contributed by atoms with Gasteiger partial charge in [-0.15, -0.1) is 0 Å². The molecule has 9 aromatic rings. The lowest BCUT2D eigenvalue weighted by Gasteiger charge is -2.30. The van der Waals surface area contributed by atoms with E-state index in [-0.39, 0.29) is 89.7 Å². The Bertz CT molecular complexity index is 3570. The van der Waals surface area contributed by atoms with Crippen LogP contribution in [-0.4, -0.2) is 46.8 Å². The SMILES string of the molecule is Nc1ccc2c(c1)C(=O)c1ccc(N3C(=O)c4ccc5c6ccc7c8c(ccc(c9ccc(c4c59)C3=O)c86)C(=O)N(c3ccc4c(c3)C(=O)c3ccc(N)cc3C4=O)C7=O)cc1C2=O. The Morgan fingerprint density at radius 3 is 0.844 bits per heavy atom. The van der Waals surface area contributed by atoms with Crippen molar-refractivity contribution in [3.63, 3.8) is 0 Å². The lowest BCUT2D eigenvalue weighted by Crippen LogP contribution is -2.41. The molecule has 4 N–H and O–H groups in total. The standard InChI is InChI=1S/C52H24N4O8/c53-21-1-5-29-37(17-21)45(57)31-7-3-23(19-39(31)47(29)59)55-49(61)33-13-9-25-27-11-15-35-44-36(16-12-28(42(27)44)26-10-14-34(50(55)62)43(33)41(25)26)52(64)56(51(35)63)24-4-8-32-40(20-24)48(60)30-6-2-22(54)18-38(30)46(32)58/h1-20H,53-54H2. The quantitative estimate of drug-likeness (QED) is 0.0745. The lowest BCUT2D eigenvalue weighted by molar-refractivity contribution is 0.0877. The van der Waals surface area contributed by atoms with Crippen LogP contribution in [0.2, 0.25) is 0 Å². The number of hydrogen-bond donors (Lipinski definition) is 2. The fourth-order valence-electron chi connectivity index (χ4n) is 10.3. The zero-order chi connectivity index (χ0) is 43.8. The number of rotatable bonds is 2. The highest BCUT2D eigenvalue weighted by atomic mass is 16.2. The van der Waals surface area contributed by atoms with Crippen molar-refractivity contribution in [2.24, 2.45) is 0 Å². The summed E-state index contributed by atoms with van der Waals surface area (Å²) in [5.41, 5.74) is 14.9. The summed E-state index contributed by atoms with van der Waals surface area (Å²) in [7, 11) is 0. The first-order valence-electron chi connectivity index (χ1n) is 20.1. The van der Waals surface area contributed by atoms with E-state index >= 15 is 0 Å². The van der Waals surface area contributed by atoms with Gasteiger partial charge in [-0.3, -0.25) is 38.4 Å². The van der Waals surface area contributed by atoms with Gasteiger partial charge in [-0.2, -0.15) is 0 Å². The van der Waals surface area contributed by atoms with E-state index in [0.29, 0.717) is 54.5 Å². The van der Waals surface area contributed by atoms with Crippen molar-refractivity contribution in [1.82, 2.24) is 0 Å². The van der Waals surface area contributed by atoms with Gasteiger partial charge in [-0.05, 0) is 129 Å². The van der Waals surface area contributed by atoms with Crippen LogP contribution in [0.5, 0.6) is 0 Å². The molecule has 0 spiro atoms. The van der Waals surface area contributed by atoms with E-state index in [9.17, 15) is 38.4 Å². The van der Waals surface area contributed by atoms with Crippen LogP contribution in [0.3, 0.4) is 0 Å². The van der Waals surface area contributed by atoms with Crippen LogP contribution in [-0.2, 0) is 0 Å². The summed E-state index contributed by atoms with van der Waals surface area (Å²) in [6.07, 6.45) is 0. The van der Waals surface area contributed by atoms with Gasteiger partial charge in [0.1, 0.15) is 0 Å². The molecule has 2 aliphatic heterocycles. The molecular weight excluding hydrogens is 809 g/mol. The Labute approximate surface area is 359 Å². The number of carbonyl (C=O) groups excluding carboxylic acids is 8. The molecule has 0 fully saturated rings. The molecule has 300 valence electrons. The normalized spacial score (nSPS) is 15.2. The number of nitrogens with zero attached hydrogens (tertiary/aromatic N) is 2. The average molecular weight is 833 g/mol. The van der Waals surface area contributed by atoms with E-state index in [2.05, 4.69) is 0 Å². The van der Waals surface area contributed by atoms with Crippen LogP contribution in [0, 0.1) is 0 Å². The molecule has 2 heterocycles. The fourth-order valence-corrected chi connectivity index (χ4v) is 10.3. The van der Waals surface area contributed by atoms with E-state index in [1.54, 1.807) is 48.5 Å². The summed E-state index contributed by atoms with van der Waals surface area (Å²) >= 11 is 0. The van der Waals surface area contributed by atoms with Crippen molar-refractivity contribution in [1.29, 1.82) is 0 Å². The van der Waals surface area contributed by atoms with Crippen LogP contribution in [0.15, 0.2) is 121 Å². The number of amides is 4. The van der Waals surface area contributed by atoms with Gasteiger partial charge >= 0.3 is 0 Å². The number of hydrogen-bond acceptors (Lipinski definition) is 10. The van der Waals surface area contributed by atoms with Gasteiger partial charge < -0.3 is 11.5 Å². The van der Waals surface area contributed by atoms with Crippen LogP contribution in [0.4, 0.5) is 22.7 Å². The predicted octanol–water partition coefficient (Wildman–Crippen LogP) is 8.05. The van der Waals surface area contributed by atoms with Gasteiger partial charge in [0.2, 0.25) is 0 Å². The zero-order valence-electron chi connectivity index (χ0n) is 32.9. The maximum Gasteiger partial charge on any atom is 0.265 e. The van der Waals surface area contributed by atoms with Gasteiger partial charge in [0.25, 0.3) is 23.6 Å². The van der Waals surface area contributed by atoms with Crippen molar-refractivity contribution in [3.05, 3.63) is 188 Å². The third-order valence-electron chi connectivity index (χ3n) is 13.2. The monoisotopic (exact) mass is 832 g/mol. The fraction of sp³-hybridized carbons (Fsp3) is 0. The molecule has 13 rings (SSSR count). The first-order chi connectivity index (χ1) is 30.9. The molecule has 4 amide bonds. The van der Waals surface area contributed by atoms with Crippen LogP contribution < -0.4 is 21.3 Å². The summed E-state index contributed by atoms with van der Waals surface area (Å²) in [5.74, 6) is -4.08. The van der Waals surface area contributed by atoms with Gasteiger partial charge in [-0.1, -0.05) is 24.3 Å². The predicted molar refractivity (Wildman–Crippen MR) is 238 cm³/mol. The number of imide groups is 2.